The molecule has 1 aliphatic heterocycles. The average molecular weight is 208 g/mol. The first-order valence-electron chi connectivity index (χ1n) is 4.80. The highest BCUT2D eigenvalue weighted by Gasteiger charge is 2.31. The van der Waals surface area contributed by atoms with Crippen molar-refractivity contribution in [3.8, 4) is 0 Å². The molecule has 1 aromatic heterocycles. The lowest BCUT2D eigenvalue weighted by atomic mass is 10.2. The summed E-state index contributed by atoms with van der Waals surface area (Å²) in [7, 11) is 0. The highest BCUT2D eigenvalue weighted by molar-refractivity contribution is 5.34. The zero-order chi connectivity index (χ0) is 10.7. The van der Waals surface area contributed by atoms with Gasteiger partial charge in [-0.2, -0.15) is 0 Å². The van der Waals surface area contributed by atoms with Crippen LogP contribution in [0.4, 0.5) is 5.82 Å². The van der Waals surface area contributed by atoms with Crippen LogP contribution in [0, 0.1) is 10.1 Å². The molecule has 0 spiro atoms. The fourth-order valence-electron chi connectivity index (χ4n) is 1.64. The molecule has 0 radical (unpaired) electrons. The molecule has 15 heavy (non-hydrogen) atoms. The predicted octanol–water partition coefficient (Wildman–Crippen LogP) is 0.458. The molecule has 80 valence electrons. The van der Waals surface area contributed by atoms with Gasteiger partial charge in [-0.3, -0.25) is 15.4 Å². The van der Waals surface area contributed by atoms with Gasteiger partial charge in [-0.15, -0.1) is 0 Å². The molecule has 2 atom stereocenters. The largest absolute Gasteiger partial charge is 0.366 e. The maximum absolute atomic E-state index is 10.5. The lowest BCUT2D eigenvalue weighted by Gasteiger charge is -2.10. The third-order valence-electron chi connectivity index (χ3n) is 2.38. The molecule has 2 rings (SSSR count). The van der Waals surface area contributed by atoms with Gasteiger partial charge in [-0.1, -0.05) is 6.07 Å². The van der Waals surface area contributed by atoms with Crippen LogP contribution in [0.1, 0.15) is 6.42 Å². The number of hydrogen-bond acceptors (Lipinski definition) is 5. The Bertz CT molecular complexity index is 343. The van der Waals surface area contributed by atoms with Gasteiger partial charge in [0.05, 0.1) is 6.42 Å². The molecule has 6 nitrogen and oxygen atoms in total. The normalized spacial score (nSPS) is 25.1. The van der Waals surface area contributed by atoms with Crippen LogP contribution in [0.15, 0.2) is 24.4 Å². The molecule has 2 N–H and O–H groups in total. The molecule has 6 heteroatoms. The Labute approximate surface area is 86.9 Å². The van der Waals surface area contributed by atoms with Crippen molar-refractivity contribution in [3.05, 3.63) is 34.5 Å². The summed E-state index contributed by atoms with van der Waals surface area (Å²) in [4.78, 5) is 14.3. The van der Waals surface area contributed by atoms with Crippen molar-refractivity contribution in [2.75, 3.05) is 11.9 Å². The smallest absolute Gasteiger partial charge is 0.268 e. The van der Waals surface area contributed by atoms with Crippen molar-refractivity contribution < 1.29 is 4.92 Å². The van der Waals surface area contributed by atoms with Crippen LogP contribution >= 0.6 is 0 Å². The SMILES string of the molecule is O=[N+]([O-])[C@H]1CC(Nc2ccccn2)CN1. The number of nitro groups is 1. The quantitative estimate of drug-likeness (QED) is 0.557. The number of hydrogen-bond donors (Lipinski definition) is 2. The Morgan fingerprint density at radius 2 is 2.47 bits per heavy atom. The first-order valence-corrected chi connectivity index (χ1v) is 4.80. The van der Waals surface area contributed by atoms with Crippen LogP contribution in [0.2, 0.25) is 0 Å². The van der Waals surface area contributed by atoms with E-state index in [1.807, 2.05) is 18.2 Å². The summed E-state index contributed by atoms with van der Waals surface area (Å²) >= 11 is 0. The molecule has 0 bridgehead atoms. The lowest BCUT2D eigenvalue weighted by Crippen LogP contribution is -2.29. The number of rotatable bonds is 3. The van der Waals surface area contributed by atoms with E-state index in [-0.39, 0.29) is 11.0 Å². The molecule has 1 aliphatic rings. The summed E-state index contributed by atoms with van der Waals surface area (Å²) in [6.45, 7) is 0.599. The Morgan fingerprint density at radius 3 is 3.07 bits per heavy atom. The van der Waals surface area contributed by atoms with Gasteiger partial charge in [-0.25, -0.2) is 4.98 Å². The van der Waals surface area contributed by atoms with E-state index in [0.717, 1.165) is 5.82 Å². The third-order valence-corrected chi connectivity index (χ3v) is 2.38. The zero-order valence-electron chi connectivity index (χ0n) is 8.09. The summed E-state index contributed by atoms with van der Waals surface area (Å²) in [5.74, 6) is 0.758. The van der Waals surface area contributed by atoms with E-state index in [2.05, 4.69) is 15.6 Å². The second kappa shape index (κ2) is 4.22. The topological polar surface area (TPSA) is 80.1 Å². The molecule has 0 aliphatic carbocycles. The first kappa shape index (κ1) is 9.85. The predicted molar refractivity (Wildman–Crippen MR) is 55.0 cm³/mol. The van der Waals surface area contributed by atoms with Crippen molar-refractivity contribution in [1.82, 2.24) is 10.3 Å². The Kier molecular flexibility index (Phi) is 2.77. The molecule has 1 aromatic rings. The highest BCUT2D eigenvalue weighted by Crippen LogP contribution is 2.12. The van der Waals surface area contributed by atoms with E-state index in [1.54, 1.807) is 6.20 Å². The molecule has 0 saturated carbocycles. The highest BCUT2D eigenvalue weighted by atomic mass is 16.6. The monoisotopic (exact) mass is 208 g/mol. The molecular weight excluding hydrogens is 196 g/mol. The van der Waals surface area contributed by atoms with Crippen molar-refractivity contribution in [2.24, 2.45) is 0 Å². The van der Waals surface area contributed by atoms with Crippen molar-refractivity contribution in [1.29, 1.82) is 0 Å². The lowest BCUT2D eigenvalue weighted by molar-refractivity contribution is -0.526. The number of nitrogens with zero attached hydrogens (tertiary/aromatic N) is 2. The van der Waals surface area contributed by atoms with E-state index >= 15 is 0 Å². The van der Waals surface area contributed by atoms with Gasteiger partial charge in [0.1, 0.15) is 5.82 Å². The third kappa shape index (κ3) is 2.41. The van der Waals surface area contributed by atoms with E-state index in [0.29, 0.717) is 13.0 Å². The van der Waals surface area contributed by atoms with Crippen LogP contribution in [0.5, 0.6) is 0 Å². The molecular formula is C9H12N4O2. The standard InChI is InChI=1S/C9H12N4O2/c14-13(15)9-5-7(6-11-9)12-8-3-1-2-4-10-8/h1-4,7,9,11H,5-6H2,(H,10,12)/t7?,9-/m0/s1. The molecule has 1 saturated heterocycles. The van der Waals surface area contributed by atoms with Crippen molar-refractivity contribution in [2.45, 2.75) is 18.6 Å². The average Bonchev–Trinajstić information content (AvgIpc) is 2.68. The number of anilines is 1. The van der Waals surface area contributed by atoms with Crippen LogP contribution in [-0.2, 0) is 0 Å². The minimum absolute atomic E-state index is 0.0790. The molecule has 1 unspecified atom stereocenters. The van der Waals surface area contributed by atoms with Gasteiger partial charge in [0.15, 0.2) is 0 Å². The van der Waals surface area contributed by atoms with Crippen LogP contribution in [-0.4, -0.2) is 28.7 Å². The molecule has 1 fully saturated rings. The summed E-state index contributed by atoms with van der Waals surface area (Å²) < 4.78 is 0. The van der Waals surface area contributed by atoms with Gasteiger partial charge in [0.2, 0.25) is 0 Å². The summed E-state index contributed by atoms with van der Waals surface area (Å²) in [6.07, 6.45) is 1.55. The second-order valence-electron chi connectivity index (χ2n) is 3.50. The molecule has 0 aromatic carbocycles. The van der Waals surface area contributed by atoms with Crippen molar-refractivity contribution >= 4 is 5.82 Å². The van der Waals surface area contributed by atoms with Crippen LogP contribution in [0.3, 0.4) is 0 Å². The van der Waals surface area contributed by atoms with Gasteiger partial charge in [0.25, 0.3) is 6.17 Å². The summed E-state index contributed by atoms with van der Waals surface area (Å²) in [5.41, 5.74) is 0. The van der Waals surface area contributed by atoms with Gasteiger partial charge in [0, 0.05) is 23.7 Å². The Morgan fingerprint density at radius 1 is 1.60 bits per heavy atom. The fourth-order valence-corrected chi connectivity index (χ4v) is 1.64. The number of pyridine rings is 1. The summed E-state index contributed by atoms with van der Waals surface area (Å²) in [5, 5.41) is 16.5. The molecule has 0 amide bonds. The van der Waals surface area contributed by atoms with E-state index in [4.69, 9.17) is 0 Å². The van der Waals surface area contributed by atoms with E-state index < -0.39 is 6.17 Å². The van der Waals surface area contributed by atoms with E-state index in [9.17, 15) is 10.1 Å². The Hall–Kier alpha value is -1.69. The van der Waals surface area contributed by atoms with Gasteiger partial charge >= 0.3 is 0 Å². The van der Waals surface area contributed by atoms with Crippen LogP contribution in [0.25, 0.3) is 0 Å². The number of nitrogens with one attached hydrogen (secondary N) is 2. The summed E-state index contributed by atoms with van der Waals surface area (Å²) in [6, 6.07) is 5.63. The van der Waals surface area contributed by atoms with Gasteiger partial charge < -0.3 is 5.32 Å². The number of aromatic nitrogens is 1. The van der Waals surface area contributed by atoms with Crippen molar-refractivity contribution in [3.63, 3.8) is 0 Å². The van der Waals surface area contributed by atoms with E-state index in [1.165, 1.54) is 0 Å². The second-order valence-corrected chi connectivity index (χ2v) is 3.50. The maximum atomic E-state index is 10.5. The first-order chi connectivity index (χ1) is 7.25. The molecule has 2 heterocycles. The van der Waals surface area contributed by atoms with Gasteiger partial charge in [-0.05, 0) is 12.1 Å². The van der Waals surface area contributed by atoms with Crippen LogP contribution < -0.4 is 10.6 Å². The Balaban J connectivity index is 1.90. The fraction of sp³-hybridized carbons (Fsp3) is 0.444. The zero-order valence-corrected chi connectivity index (χ0v) is 8.09. The minimum Gasteiger partial charge on any atom is -0.366 e. The maximum Gasteiger partial charge on any atom is 0.268 e. The minimum atomic E-state index is -0.633.